The minimum Gasteiger partial charge on any atom is -0.340 e. The summed E-state index contributed by atoms with van der Waals surface area (Å²) >= 11 is 11.9. The molecule has 0 N–H and O–H groups in total. The Bertz CT molecular complexity index is 509. The molecule has 0 aliphatic carbocycles. The van der Waals surface area contributed by atoms with Gasteiger partial charge in [-0.3, -0.25) is 9.69 Å². The van der Waals surface area contributed by atoms with E-state index in [0.717, 1.165) is 31.7 Å². The van der Waals surface area contributed by atoms with E-state index in [-0.39, 0.29) is 5.91 Å². The third-order valence-corrected chi connectivity index (χ3v) is 5.20. The number of piperazine rings is 1. The summed E-state index contributed by atoms with van der Waals surface area (Å²) in [5.41, 5.74) is 0.918. The molecular formula is C17H24Cl2N2O. The lowest BCUT2D eigenvalue weighted by atomic mass is 10.1. The van der Waals surface area contributed by atoms with Crippen LogP contribution in [0.25, 0.3) is 0 Å². The molecule has 5 heteroatoms. The Hall–Kier alpha value is -0.770. The summed E-state index contributed by atoms with van der Waals surface area (Å²) in [6, 6.07) is 6.04. The highest BCUT2D eigenvalue weighted by atomic mass is 35.5. The molecule has 122 valence electrons. The number of hydrogen-bond donors (Lipinski definition) is 0. The Balaban J connectivity index is 1.88. The number of benzene rings is 1. The SMILES string of the molecule is CCC(CC)N1CCN(C(=O)Cc2ccc(Cl)c(Cl)c2)CC1. The van der Waals surface area contributed by atoms with Crippen molar-refractivity contribution in [2.75, 3.05) is 26.2 Å². The fourth-order valence-corrected chi connectivity index (χ4v) is 3.40. The van der Waals surface area contributed by atoms with Gasteiger partial charge in [-0.2, -0.15) is 0 Å². The van der Waals surface area contributed by atoms with Gasteiger partial charge in [0, 0.05) is 32.2 Å². The molecule has 0 atom stereocenters. The van der Waals surface area contributed by atoms with Crippen molar-refractivity contribution in [1.82, 2.24) is 9.80 Å². The number of carbonyl (C=O) groups is 1. The Labute approximate surface area is 143 Å². The molecule has 0 spiro atoms. The summed E-state index contributed by atoms with van der Waals surface area (Å²) in [4.78, 5) is 16.9. The highest BCUT2D eigenvalue weighted by molar-refractivity contribution is 6.42. The smallest absolute Gasteiger partial charge is 0.227 e. The van der Waals surface area contributed by atoms with Crippen LogP contribution in [0.15, 0.2) is 18.2 Å². The van der Waals surface area contributed by atoms with Gasteiger partial charge >= 0.3 is 0 Å². The van der Waals surface area contributed by atoms with E-state index in [1.165, 1.54) is 12.8 Å². The second-order valence-electron chi connectivity index (χ2n) is 5.81. The zero-order chi connectivity index (χ0) is 16.1. The van der Waals surface area contributed by atoms with E-state index in [4.69, 9.17) is 23.2 Å². The van der Waals surface area contributed by atoms with Gasteiger partial charge in [0.05, 0.1) is 16.5 Å². The van der Waals surface area contributed by atoms with Gasteiger partial charge in [0.2, 0.25) is 5.91 Å². The van der Waals surface area contributed by atoms with E-state index in [9.17, 15) is 4.79 Å². The van der Waals surface area contributed by atoms with E-state index in [2.05, 4.69) is 18.7 Å². The Morgan fingerprint density at radius 3 is 2.27 bits per heavy atom. The van der Waals surface area contributed by atoms with E-state index >= 15 is 0 Å². The zero-order valence-corrected chi connectivity index (χ0v) is 14.8. The molecule has 1 aliphatic rings. The molecule has 1 amide bonds. The van der Waals surface area contributed by atoms with Crippen LogP contribution in [-0.2, 0) is 11.2 Å². The molecule has 0 aromatic heterocycles. The Morgan fingerprint density at radius 1 is 1.09 bits per heavy atom. The van der Waals surface area contributed by atoms with Crippen LogP contribution in [0.4, 0.5) is 0 Å². The molecule has 22 heavy (non-hydrogen) atoms. The zero-order valence-electron chi connectivity index (χ0n) is 13.3. The van der Waals surface area contributed by atoms with Crippen LogP contribution in [0, 0.1) is 0 Å². The third-order valence-electron chi connectivity index (χ3n) is 4.47. The first kappa shape index (κ1) is 17.6. The molecule has 1 aliphatic heterocycles. The fourth-order valence-electron chi connectivity index (χ4n) is 3.08. The van der Waals surface area contributed by atoms with Crippen LogP contribution in [0.2, 0.25) is 10.0 Å². The lowest BCUT2D eigenvalue weighted by molar-refractivity contribution is -0.132. The fraction of sp³-hybridized carbons (Fsp3) is 0.588. The highest BCUT2D eigenvalue weighted by Crippen LogP contribution is 2.23. The van der Waals surface area contributed by atoms with E-state index < -0.39 is 0 Å². The predicted molar refractivity (Wildman–Crippen MR) is 92.7 cm³/mol. The lowest BCUT2D eigenvalue weighted by Gasteiger charge is -2.39. The van der Waals surface area contributed by atoms with E-state index in [1.807, 2.05) is 11.0 Å². The molecule has 0 bridgehead atoms. The first-order chi connectivity index (χ1) is 10.5. The largest absolute Gasteiger partial charge is 0.340 e. The topological polar surface area (TPSA) is 23.6 Å². The maximum Gasteiger partial charge on any atom is 0.227 e. The molecule has 1 saturated heterocycles. The van der Waals surface area contributed by atoms with Gasteiger partial charge in [-0.15, -0.1) is 0 Å². The van der Waals surface area contributed by atoms with Gasteiger partial charge in [-0.1, -0.05) is 43.1 Å². The maximum atomic E-state index is 12.4. The molecule has 1 aromatic rings. The number of amides is 1. The normalized spacial score (nSPS) is 16.3. The number of carbonyl (C=O) groups excluding carboxylic acids is 1. The summed E-state index contributed by atoms with van der Waals surface area (Å²) in [6.07, 6.45) is 2.74. The first-order valence-corrected chi connectivity index (χ1v) is 8.76. The molecule has 0 saturated carbocycles. The van der Waals surface area contributed by atoms with Gasteiger partial charge < -0.3 is 4.90 Å². The van der Waals surface area contributed by atoms with Crippen molar-refractivity contribution in [2.24, 2.45) is 0 Å². The van der Waals surface area contributed by atoms with Crippen molar-refractivity contribution in [3.63, 3.8) is 0 Å². The van der Waals surface area contributed by atoms with Crippen molar-refractivity contribution < 1.29 is 4.79 Å². The van der Waals surface area contributed by atoms with E-state index in [0.29, 0.717) is 22.5 Å². The minimum absolute atomic E-state index is 0.169. The predicted octanol–water partition coefficient (Wildman–Crippen LogP) is 3.87. The summed E-state index contributed by atoms with van der Waals surface area (Å²) in [7, 11) is 0. The van der Waals surface area contributed by atoms with Crippen LogP contribution < -0.4 is 0 Å². The number of hydrogen-bond acceptors (Lipinski definition) is 2. The number of rotatable bonds is 5. The Morgan fingerprint density at radius 2 is 1.73 bits per heavy atom. The average Bonchev–Trinajstić information content (AvgIpc) is 2.53. The minimum atomic E-state index is 0.169. The molecule has 2 rings (SSSR count). The summed E-state index contributed by atoms with van der Waals surface area (Å²) < 4.78 is 0. The molecular weight excluding hydrogens is 319 g/mol. The van der Waals surface area contributed by atoms with Crippen molar-refractivity contribution >= 4 is 29.1 Å². The molecule has 0 radical (unpaired) electrons. The van der Waals surface area contributed by atoms with Crippen molar-refractivity contribution in [1.29, 1.82) is 0 Å². The summed E-state index contributed by atoms with van der Waals surface area (Å²) in [5, 5.41) is 1.03. The second kappa shape index (κ2) is 8.19. The van der Waals surface area contributed by atoms with Crippen molar-refractivity contribution in [3.05, 3.63) is 33.8 Å². The monoisotopic (exact) mass is 342 g/mol. The molecule has 3 nitrogen and oxygen atoms in total. The van der Waals surface area contributed by atoms with Crippen molar-refractivity contribution in [2.45, 2.75) is 39.2 Å². The average molecular weight is 343 g/mol. The van der Waals surface area contributed by atoms with Gasteiger partial charge in [0.25, 0.3) is 0 Å². The van der Waals surface area contributed by atoms with Crippen molar-refractivity contribution in [3.8, 4) is 0 Å². The summed E-state index contributed by atoms with van der Waals surface area (Å²) in [6.45, 7) is 8.04. The number of nitrogens with zero attached hydrogens (tertiary/aromatic N) is 2. The summed E-state index contributed by atoms with van der Waals surface area (Å²) in [5.74, 6) is 0.169. The van der Waals surface area contributed by atoms with Gasteiger partial charge in [-0.05, 0) is 30.5 Å². The molecule has 1 heterocycles. The standard InChI is InChI=1S/C17H24Cl2N2O/c1-3-14(4-2)20-7-9-21(10-8-20)17(22)12-13-5-6-15(18)16(19)11-13/h5-6,11,14H,3-4,7-10,12H2,1-2H3. The highest BCUT2D eigenvalue weighted by Gasteiger charge is 2.24. The molecule has 1 fully saturated rings. The molecule has 1 aromatic carbocycles. The second-order valence-corrected chi connectivity index (χ2v) is 6.63. The third kappa shape index (κ3) is 4.37. The lowest BCUT2D eigenvalue weighted by Crippen LogP contribution is -2.52. The van der Waals surface area contributed by atoms with Crippen LogP contribution >= 0.6 is 23.2 Å². The first-order valence-electron chi connectivity index (χ1n) is 8.00. The maximum absolute atomic E-state index is 12.4. The van der Waals surface area contributed by atoms with Gasteiger partial charge in [0.1, 0.15) is 0 Å². The van der Waals surface area contributed by atoms with Crippen LogP contribution in [0.3, 0.4) is 0 Å². The van der Waals surface area contributed by atoms with Crippen LogP contribution in [0.5, 0.6) is 0 Å². The van der Waals surface area contributed by atoms with Crippen LogP contribution in [0.1, 0.15) is 32.3 Å². The Kier molecular flexibility index (Phi) is 6.54. The van der Waals surface area contributed by atoms with Gasteiger partial charge in [-0.25, -0.2) is 0 Å². The van der Waals surface area contributed by atoms with Gasteiger partial charge in [0.15, 0.2) is 0 Å². The van der Waals surface area contributed by atoms with E-state index in [1.54, 1.807) is 12.1 Å². The van der Waals surface area contributed by atoms with Crippen LogP contribution in [-0.4, -0.2) is 47.9 Å². The molecule has 0 unspecified atom stereocenters. The number of halogens is 2. The quantitative estimate of drug-likeness (QED) is 0.810.